The molecule has 116 valence electrons. The number of aromatic amines is 1. The number of benzene rings is 1. The average molecular weight is 327 g/mol. The van der Waals surface area contributed by atoms with Crippen molar-refractivity contribution in [3.8, 4) is 0 Å². The minimum Gasteiger partial charge on any atom is -0.399 e. The van der Waals surface area contributed by atoms with E-state index in [1.807, 2.05) is 18.7 Å². The summed E-state index contributed by atoms with van der Waals surface area (Å²) in [7, 11) is -3.52. The first kappa shape index (κ1) is 16.2. The molecule has 0 saturated heterocycles. The van der Waals surface area contributed by atoms with Crippen LogP contribution < -0.4 is 10.5 Å². The highest BCUT2D eigenvalue weighted by Gasteiger charge is 2.21. The van der Waals surface area contributed by atoms with Crippen LogP contribution in [0.15, 0.2) is 29.3 Å². The lowest BCUT2D eigenvalue weighted by Crippen LogP contribution is -2.32. The molecule has 0 aliphatic heterocycles. The van der Waals surface area contributed by atoms with E-state index in [-0.39, 0.29) is 10.9 Å². The second kappa shape index (κ2) is 6.72. The number of aromatic nitrogens is 1. The van der Waals surface area contributed by atoms with Crippen LogP contribution >= 0.6 is 11.8 Å². The lowest BCUT2D eigenvalue weighted by molar-refractivity contribution is 0.558. The van der Waals surface area contributed by atoms with Crippen LogP contribution in [0.2, 0.25) is 0 Å². The number of hydrogen-bond donors (Lipinski definition) is 3. The third-order valence-electron chi connectivity index (χ3n) is 3.21. The van der Waals surface area contributed by atoms with Gasteiger partial charge in [-0.05, 0) is 43.0 Å². The zero-order valence-corrected chi connectivity index (χ0v) is 13.9. The molecule has 2 aromatic rings. The lowest BCUT2D eigenvalue weighted by Gasteiger charge is -2.13. The van der Waals surface area contributed by atoms with Crippen LogP contribution in [0.3, 0.4) is 0 Å². The summed E-state index contributed by atoms with van der Waals surface area (Å²) in [6.07, 6.45) is 2.33. The van der Waals surface area contributed by atoms with Gasteiger partial charge in [0, 0.05) is 28.8 Å². The van der Waals surface area contributed by atoms with E-state index >= 15 is 0 Å². The highest BCUT2D eigenvalue weighted by Crippen LogP contribution is 2.24. The molecule has 0 radical (unpaired) electrons. The van der Waals surface area contributed by atoms with E-state index in [0.717, 1.165) is 23.4 Å². The van der Waals surface area contributed by atoms with Gasteiger partial charge in [-0.1, -0.05) is 6.92 Å². The molecular weight excluding hydrogens is 306 g/mol. The molecule has 1 atom stereocenters. The van der Waals surface area contributed by atoms with Crippen LogP contribution in [0.25, 0.3) is 10.9 Å². The Labute approximate surface area is 129 Å². The first-order chi connectivity index (χ1) is 9.94. The number of thioether (sulfide) groups is 1. The first-order valence-corrected chi connectivity index (χ1v) is 9.54. The number of fused-ring (bicyclic) bond motifs is 1. The molecular formula is C14H21N3O2S2. The van der Waals surface area contributed by atoms with Crippen molar-refractivity contribution >= 4 is 38.4 Å². The van der Waals surface area contributed by atoms with Gasteiger partial charge in [0.1, 0.15) is 4.90 Å². The predicted molar refractivity (Wildman–Crippen MR) is 90.1 cm³/mol. The summed E-state index contributed by atoms with van der Waals surface area (Å²) in [5.74, 6) is 1.99. The molecule has 1 aromatic heterocycles. The van der Waals surface area contributed by atoms with E-state index in [4.69, 9.17) is 5.73 Å². The van der Waals surface area contributed by atoms with Crippen LogP contribution in [0.4, 0.5) is 5.69 Å². The van der Waals surface area contributed by atoms with Gasteiger partial charge in [-0.15, -0.1) is 0 Å². The quantitative estimate of drug-likeness (QED) is 0.539. The molecule has 0 bridgehead atoms. The number of nitrogen functional groups attached to an aromatic ring is 1. The number of nitrogens with two attached hydrogens (primary N) is 1. The molecule has 0 aliphatic carbocycles. The molecule has 5 nitrogen and oxygen atoms in total. The molecule has 0 saturated carbocycles. The highest BCUT2D eigenvalue weighted by atomic mass is 32.2. The molecule has 1 unspecified atom stereocenters. The zero-order chi connectivity index (χ0) is 15.5. The molecule has 0 aliphatic rings. The van der Waals surface area contributed by atoms with E-state index in [2.05, 4.69) is 16.6 Å². The number of nitrogens with one attached hydrogen (secondary N) is 2. The fourth-order valence-electron chi connectivity index (χ4n) is 2.13. The third kappa shape index (κ3) is 3.93. The van der Waals surface area contributed by atoms with Crippen LogP contribution in [-0.4, -0.2) is 30.9 Å². The summed E-state index contributed by atoms with van der Waals surface area (Å²) in [5.41, 5.74) is 7.03. The average Bonchev–Trinajstić information content (AvgIpc) is 2.82. The number of rotatable bonds is 7. The van der Waals surface area contributed by atoms with Crippen molar-refractivity contribution in [2.24, 2.45) is 0 Å². The Morgan fingerprint density at radius 1 is 1.43 bits per heavy atom. The Morgan fingerprint density at radius 2 is 2.19 bits per heavy atom. The van der Waals surface area contributed by atoms with Crippen molar-refractivity contribution in [2.75, 3.05) is 17.2 Å². The normalized spacial score (nSPS) is 13.6. The van der Waals surface area contributed by atoms with Crippen molar-refractivity contribution in [3.05, 3.63) is 24.4 Å². The maximum Gasteiger partial charge on any atom is 0.242 e. The highest BCUT2D eigenvalue weighted by molar-refractivity contribution is 7.99. The van der Waals surface area contributed by atoms with E-state index < -0.39 is 10.0 Å². The maximum atomic E-state index is 12.5. The minimum atomic E-state index is -3.52. The van der Waals surface area contributed by atoms with E-state index in [1.54, 1.807) is 18.2 Å². The summed E-state index contributed by atoms with van der Waals surface area (Å²) >= 11 is 1.81. The number of sulfonamides is 1. The Balaban J connectivity index is 2.18. The molecule has 21 heavy (non-hydrogen) atoms. The molecule has 7 heteroatoms. The Bertz CT molecular complexity index is 710. The lowest BCUT2D eigenvalue weighted by atomic mass is 10.2. The van der Waals surface area contributed by atoms with Crippen LogP contribution in [0.5, 0.6) is 0 Å². The third-order valence-corrected chi connectivity index (χ3v) is 5.78. The van der Waals surface area contributed by atoms with Crippen molar-refractivity contribution in [3.63, 3.8) is 0 Å². The van der Waals surface area contributed by atoms with Gasteiger partial charge in [0.15, 0.2) is 0 Å². The van der Waals surface area contributed by atoms with Gasteiger partial charge in [-0.2, -0.15) is 11.8 Å². The Kier molecular flexibility index (Phi) is 5.18. The van der Waals surface area contributed by atoms with Gasteiger partial charge in [-0.3, -0.25) is 0 Å². The smallest absolute Gasteiger partial charge is 0.242 e. The van der Waals surface area contributed by atoms with Crippen molar-refractivity contribution in [1.82, 2.24) is 9.71 Å². The topological polar surface area (TPSA) is 88.0 Å². The fourth-order valence-corrected chi connectivity index (χ4v) is 4.40. The molecule has 0 fully saturated rings. The minimum absolute atomic E-state index is 0.0900. The van der Waals surface area contributed by atoms with Gasteiger partial charge in [0.2, 0.25) is 10.0 Å². The summed E-state index contributed by atoms with van der Waals surface area (Å²) in [6.45, 7) is 3.98. The van der Waals surface area contributed by atoms with Gasteiger partial charge in [0.05, 0.1) is 0 Å². The van der Waals surface area contributed by atoms with Crippen LogP contribution in [-0.2, 0) is 10.0 Å². The predicted octanol–water partition coefficient (Wildman–Crippen LogP) is 2.56. The number of hydrogen-bond acceptors (Lipinski definition) is 4. The molecule has 2 rings (SSSR count). The largest absolute Gasteiger partial charge is 0.399 e. The second-order valence-electron chi connectivity index (χ2n) is 4.97. The SMILES string of the molecule is CCSCCC(C)NS(=O)(=O)c1c[nH]c2cc(N)ccc12. The van der Waals surface area contributed by atoms with Gasteiger partial charge in [0.25, 0.3) is 0 Å². The van der Waals surface area contributed by atoms with E-state index in [0.29, 0.717) is 11.1 Å². The maximum absolute atomic E-state index is 12.5. The van der Waals surface area contributed by atoms with E-state index in [1.165, 1.54) is 6.20 Å². The van der Waals surface area contributed by atoms with Crippen molar-refractivity contribution < 1.29 is 8.42 Å². The standard InChI is InChI=1S/C14H21N3O2S2/c1-3-20-7-6-10(2)17-21(18,19)14-9-16-13-8-11(15)4-5-12(13)14/h4-5,8-10,16-17H,3,6-7,15H2,1-2H3. The van der Waals surface area contributed by atoms with E-state index in [9.17, 15) is 8.42 Å². The second-order valence-corrected chi connectivity index (χ2v) is 8.04. The van der Waals surface area contributed by atoms with Crippen molar-refractivity contribution in [1.29, 1.82) is 0 Å². The number of anilines is 1. The molecule has 0 spiro atoms. The van der Waals surface area contributed by atoms with Gasteiger partial charge >= 0.3 is 0 Å². The Morgan fingerprint density at radius 3 is 2.90 bits per heavy atom. The zero-order valence-electron chi connectivity index (χ0n) is 12.2. The molecule has 0 amide bonds. The molecule has 1 heterocycles. The van der Waals surface area contributed by atoms with Crippen LogP contribution in [0, 0.1) is 0 Å². The van der Waals surface area contributed by atoms with Gasteiger partial charge in [-0.25, -0.2) is 13.1 Å². The summed E-state index contributed by atoms with van der Waals surface area (Å²) in [5, 5.41) is 0.659. The van der Waals surface area contributed by atoms with Crippen LogP contribution in [0.1, 0.15) is 20.3 Å². The van der Waals surface area contributed by atoms with Gasteiger partial charge < -0.3 is 10.7 Å². The summed E-state index contributed by atoms with van der Waals surface area (Å²) in [6, 6.07) is 5.08. The number of H-pyrrole nitrogens is 1. The Hall–Kier alpha value is -1.18. The first-order valence-electron chi connectivity index (χ1n) is 6.90. The molecule has 1 aromatic carbocycles. The monoisotopic (exact) mass is 327 g/mol. The summed E-state index contributed by atoms with van der Waals surface area (Å²) < 4.78 is 27.7. The van der Waals surface area contributed by atoms with Crippen molar-refractivity contribution in [2.45, 2.75) is 31.2 Å². The fraction of sp³-hybridized carbons (Fsp3) is 0.429. The molecule has 4 N–H and O–H groups in total. The summed E-state index contributed by atoms with van der Waals surface area (Å²) in [4.78, 5) is 3.23.